The van der Waals surface area contributed by atoms with Gasteiger partial charge in [-0.2, -0.15) is 0 Å². The van der Waals surface area contributed by atoms with Crippen molar-refractivity contribution in [2.45, 2.75) is 31.2 Å². The minimum Gasteiger partial charge on any atom is -0.341 e. The second-order valence-electron chi connectivity index (χ2n) is 7.12. The molecule has 4 nitrogen and oxygen atoms in total. The molecule has 2 atom stereocenters. The summed E-state index contributed by atoms with van der Waals surface area (Å²) in [5.41, 5.74) is 3.05. The van der Waals surface area contributed by atoms with Crippen LogP contribution in [0.25, 0.3) is 15.9 Å². The van der Waals surface area contributed by atoms with E-state index in [9.17, 15) is 0 Å². The molecule has 1 saturated heterocycles. The van der Waals surface area contributed by atoms with Crippen LogP contribution in [0, 0.1) is 6.20 Å². The maximum atomic E-state index is 6.18. The molecule has 1 fully saturated rings. The first-order valence-corrected chi connectivity index (χ1v) is 11.0. The Bertz CT molecular complexity index is 1060. The van der Waals surface area contributed by atoms with Crippen molar-refractivity contribution in [3.63, 3.8) is 0 Å². The van der Waals surface area contributed by atoms with Gasteiger partial charge in [0.2, 0.25) is 0 Å². The van der Waals surface area contributed by atoms with Crippen molar-refractivity contribution in [2.24, 2.45) is 0 Å². The summed E-state index contributed by atoms with van der Waals surface area (Å²) in [4.78, 5) is 9.43. The number of nitrogens with zero attached hydrogens (tertiary/aromatic N) is 3. The van der Waals surface area contributed by atoms with E-state index in [0.717, 1.165) is 51.7 Å². The lowest BCUT2D eigenvalue weighted by Crippen LogP contribution is -2.41. The highest BCUT2D eigenvalue weighted by Crippen LogP contribution is 2.43. The van der Waals surface area contributed by atoms with Crippen molar-refractivity contribution in [3.05, 3.63) is 70.1 Å². The van der Waals surface area contributed by atoms with Crippen LogP contribution in [0.3, 0.4) is 0 Å². The first kappa shape index (κ1) is 18.4. The number of aromatic amines is 1. The van der Waals surface area contributed by atoms with Gasteiger partial charge in [-0.1, -0.05) is 47.1 Å². The topological polar surface area (TPSA) is 35.2 Å². The third kappa shape index (κ3) is 3.30. The van der Waals surface area contributed by atoms with Crippen LogP contribution in [0.4, 0.5) is 0 Å². The van der Waals surface area contributed by atoms with Crippen molar-refractivity contribution in [2.75, 3.05) is 6.54 Å². The number of thioether (sulfide) groups is 1. The Morgan fingerprint density at radius 2 is 2.04 bits per heavy atom. The number of hydrazine groups is 1. The average molecular weight is 430 g/mol. The number of aromatic nitrogens is 2. The predicted molar refractivity (Wildman–Crippen MR) is 117 cm³/mol. The van der Waals surface area contributed by atoms with Crippen LogP contribution >= 0.6 is 35.0 Å². The standard InChI is InChI=1S/C21H19Cl2N4S/c1-13-27(12-20(28-13)14-4-2-5-15(22)10-14)26-9-3-6-19(26)21-24-17-8-7-16(23)11-18(17)25-21/h2,4-5,7-8,10-11,13,19H,3,6,9H2,1H3,(H,24,25)/t13?,19-/m0/s1. The van der Waals surface area contributed by atoms with Gasteiger partial charge in [-0.3, -0.25) is 5.01 Å². The van der Waals surface area contributed by atoms with Gasteiger partial charge in [0.05, 0.1) is 28.6 Å². The molecule has 7 heteroatoms. The molecule has 1 N–H and O–H groups in total. The van der Waals surface area contributed by atoms with Gasteiger partial charge in [-0.15, -0.1) is 0 Å². The van der Waals surface area contributed by atoms with Gasteiger partial charge in [-0.25, -0.2) is 9.99 Å². The Morgan fingerprint density at radius 1 is 1.18 bits per heavy atom. The summed E-state index contributed by atoms with van der Waals surface area (Å²) >= 11 is 14.1. The monoisotopic (exact) mass is 429 g/mol. The zero-order valence-corrected chi connectivity index (χ0v) is 17.7. The maximum absolute atomic E-state index is 6.18. The van der Waals surface area contributed by atoms with Crippen molar-refractivity contribution in [1.29, 1.82) is 0 Å². The Hall–Kier alpha value is -1.66. The molecule has 5 rings (SSSR count). The molecule has 143 valence electrons. The molecule has 3 heterocycles. The van der Waals surface area contributed by atoms with Crippen LogP contribution in [-0.4, -0.2) is 31.9 Å². The first-order valence-electron chi connectivity index (χ1n) is 9.35. The smallest absolute Gasteiger partial charge is 0.126 e. The largest absolute Gasteiger partial charge is 0.341 e. The van der Waals surface area contributed by atoms with Gasteiger partial charge >= 0.3 is 0 Å². The predicted octanol–water partition coefficient (Wildman–Crippen LogP) is 6.12. The third-order valence-corrected chi connectivity index (χ3v) is 6.79. The Morgan fingerprint density at radius 3 is 2.89 bits per heavy atom. The third-order valence-electron chi connectivity index (χ3n) is 5.22. The molecule has 0 spiro atoms. The molecule has 0 aliphatic carbocycles. The summed E-state index contributed by atoms with van der Waals surface area (Å²) in [6.45, 7) is 3.20. The Kier molecular flexibility index (Phi) is 4.79. The van der Waals surface area contributed by atoms with Crippen LogP contribution < -0.4 is 0 Å². The van der Waals surface area contributed by atoms with E-state index in [0.29, 0.717) is 5.02 Å². The Balaban J connectivity index is 1.45. The van der Waals surface area contributed by atoms with E-state index in [1.54, 1.807) is 0 Å². The van der Waals surface area contributed by atoms with Crippen molar-refractivity contribution < 1.29 is 0 Å². The molecule has 1 aromatic heterocycles. The summed E-state index contributed by atoms with van der Waals surface area (Å²) < 4.78 is 0. The van der Waals surface area contributed by atoms with Crippen LogP contribution in [0.1, 0.15) is 37.2 Å². The van der Waals surface area contributed by atoms with Crippen molar-refractivity contribution in [1.82, 2.24) is 20.0 Å². The number of rotatable bonds is 3. The normalized spacial score (nSPS) is 23.0. The van der Waals surface area contributed by atoms with E-state index in [1.807, 2.05) is 48.2 Å². The van der Waals surface area contributed by atoms with Gasteiger partial charge in [-0.05, 0) is 55.7 Å². The summed E-state index contributed by atoms with van der Waals surface area (Å²) in [5, 5.41) is 6.35. The fraction of sp³-hybridized carbons (Fsp3) is 0.286. The molecule has 2 aromatic carbocycles. The quantitative estimate of drug-likeness (QED) is 0.543. The van der Waals surface area contributed by atoms with Crippen molar-refractivity contribution >= 4 is 50.9 Å². The summed E-state index contributed by atoms with van der Waals surface area (Å²) in [7, 11) is 0. The summed E-state index contributed by atoms with van der Waals surface area (Å²) in [6, 6.07) is 14.0. The first-order chi connectivity index (χ1) is 13.6. The number of halogens is 2. The van der Waals surface area contributed by atoms with Gasteiger partial charge in [0.25, 0.3) is 0 Å². The van der Waals surface area contributed by atoms with E-state index >= 15 is 0 Å². The van der Waals surface area contributed by atoms with Gasteiger partial charge in [0.1, 0.15) is 5.82 Å². The molecule has 1 radical (unpaired) electrons. The van der Waals surface area contributed by atoms with Crippen molar-refractivity contribution in [3.8, 4) is 0 Å². The lowest BCUT2D eigenvalue weighted by molar-refractivity contribution is -0.00548. The van der Waals surface area contributed by atoms with Gasteiger partial charge in [0.15, 0.2) is 0 Å². The fourth-order valence-corrected chi connectivity index (χ4v) is 5.30. The molecule has 3 aromatic rings. The zero-order valence-electron chi connectivity index (χ0n) is 15.3. The molecular formula is C21H19Cl2N4S. The van der Waals surface area contributed by atoms with Gasteiger partial charge < -0.3 is 4.98 Å². The summed E-state index contributed by atoms with van der Waals surface area (Å²) in [6.07, 6.45) is 5.78. The van der Waals surface area contributed by atoms with E-state index < -0.39 is 0 Å². The average Bonchev–Trinajstić information content (AvgIpc) is 3.38. The van der Waals surface area contributed by atoms with Crippen LogP contribution in [0.5, 0.6) is 0 Å². The number of nitrogens with one attached hydrogen (secondary N) is 1. The molecule has 0 amide bonds. The second-order valence-corrected chi connectivity index (χ2v) is 9.32. The lowest BCUT2D eigenvalue weighted by Gasteiger charge is -2.34. The van der Waals surface area contributed by atoms with E-state index in [1.165, 1.54) is 0 Å². The number of H-pyrrole nitrogens is 1. The van der Waals surface area contributed by atoms with E-state index in [-0.39, 0.29) is 11.4 Å². The molecule has 0 saturated carbocycles. The van der Waals surface area contributed by atoms with Crippen LogP contribution in [0.2, 0.25) is 10.0 Å². The molecule has 1 unspecified atom stereocenters. The Labute approximate surface area is 178 Å². The van der Waals surface area contributed by atoms with Crippen LogP contribution in [-0.2, 0) is 0 Å². The minimum atomic E-state index is 0.209. The minimum absolute atomic E-state index is 0.209. The molecular weight excluding hydrogens is 411 g/mol. The molecule has 28 heavy (non-hydrogen) atoms. The zero-order chi connectivity index (χ0) is 19.3. The summed E-state index contributed by atoms with van der Waals surface area (Å²) in [5.74, 6) is 0.991. The fourth-order valence-electron chi connectivity index (χ4n) is 3.92. The number of imidazole rings is 1. The molecule has 0 bridgehead atoms. The van der Waals surface area contributed by atoms with Gasteiger partial charge in [0, 0.05) is 21.5 Å². The molecule has 2 aliphatic heterocycles. The highest BCUT2D eigenvalue weighted by Gasteiger charge is 2.37. The number of benzene rings is 2. The maximum Gasteiger partial charge on any atom is 0.126 e. The van der Waals surface area contributed by atoms with E-state index in [2.05, 4.69) is 34.2 Å². The van der Waals surface area contributed by atoms with Crippen LogP contribution in [0.15, 0.2) is 42.5 Å². The second kappa shape index (κ2) is 7.30. The lowest BCUT2D eigenvalue weighted by atomic mass is 10.2. The highest BCUT2D eigenvalue weighted by molar-refractivity contribution is 8.09. The number of fused-ring (bicyclic) bond motifs is 1. The highest BCUT2D eigenvalue weighted by atomic mass is 35.5. The number of hydrogen-bond donors (Lipinski definition) is 1. The van der Waals surface area contributed by atoms with E-state index in [4.69, 9.17) is 28.2 Å². The molecule has 2 aliphatic rings. The SMILES string of the molecule is CC1SC(c2cccc(Cl)c2)=[C]N1N1CCC[C@H]1c1nc2cc(Cl)ccc2[nH]1. The number of hydrogen-bond acceptors (Lipinski definition) is 4.